The first-order chi connectivity index (χ1) is 18.2. The quantitative estimate of drug-likeness (QED) is 0.276. The van der Waals surface area contributed by atoms with Crippen LogP contribution in [0.4, 0.5) is 0 Å². The maximum Gasteiger partial charge on any atom is 0.332 e. The zero-order valence-corrected chi connectivity index (χ0v) is 21.6. The lowest BCUT2D eigenvalue weighted by molar-refractivity contribution is -0.134. The minimum absolute atomic E-state index is 0.317. The highest BCUT2D eigenvalue weighted by molar-refractivity contribution is 5.89. The lowest BCUT2D eigenvalue weighted by Crippen LogP contribution is -2.37. The van der Waals surface area contributed by atoms with Crippen LogP contribution in [0.2, 0.25) is 0 Å². The number of fused-ring (bicyclic) bond motifs is 1. The molecule has 0 aromatic carbocycles. The third-order valence-corrected chi connectivity index (χ3v) is 6.24. The summed E-state index contributed by atoms with van der Waals surface area (Å²) < 4.78 is 9.72. The summed E-state index contributed by atoms with van der Waals surface area (Å²) in [7, 11) is 3.11. The van der Waals surface area contributed by atoms with Crippen LogP contribution in [0.1, 0.15) is 43.8 Å². The van der Waals surface area contributed by atoms with E-state index in [4.69, 9.17) is 14.7 Å². The van der Waals surface area contributed by atoms with Gasteiger partial charge in [0.15, 0.2) is 17.0 Å². The molecule has 0 spiro atoms. The van der Waals surface area contributed by atoms with E-state index in [1.807, 2.05) is 4.57 Å². The highest BCUT2D eigenvalue weighted by Crippen LogP contribution is 2.11. The molecule has 3 aromatic heterocycles. The first-order valence-corrected chi connectivity index (χ1v) is 12.5. The Balaban J connectivity index is 0.000000436. The molecule has 0 aliphatic carbocycles. The number of aromatic nitrogens is 6. The topological polar surface area (TPSA) is 179 Å². The van der Waals surface area contributed by atoms with Crippen molar-refractivity contribution in [2.75, 3.05) is 19.6 Å². The Labute approximate surface area is 217 Å². The van der Waals surface area contributed by atoms with E-state index in [0.29, 0.717) is 35.8 Å². The van der Waals surface area contributed by atoms with Gasteiger partial charge in [-0.1, -0.05) is 11.6 Å². The molecule has 206 valence electrons. The third kappa shape index (κ3) is 7.71. The standard InChI is InChI=1S/C20H29N7O3.C4H4O4/c1-24-18-17(19(28)25(2)20(24)29)27(14-21-18)12-7-4-8-15-22-16(30-23-15)9-13-26-10-5-3-6-11-26;5-3(6)1-2-4(7)8/h14H,3-13H2,1-2H3;1-2H,(H,5,6)(H,7,8)/b;2-1-. The lowest BCUT2D eigenvalue weighted by Gasteiger charge is -2.25. The zero-order chi connectivity index (χ0) is 27.7. The smallest absolute Gasteiger partial charge is 0.332 e. The normalized spacial score (nSPS) is 14.1. The molecule has 0 amide bonds. The molecule has 4 rings (SSSR count). The van der Waals surface area contributed by atoms with Crippen molar-refractivity contribution in [3.63, 3.8) is 0 Å². The van der Waals surface area contributed by atoms with Gasteiger partial charge < -0.3 is 24.2 Å². The summed E-state index contributed by atoms with van der Waals surface area (Å²) in [6.07, 6.45) is 9.89. The fourth-order valence-electron chi connectivity index (χ4n) is 4.20. The number of carboxylic acid groups (broad SMARTS) is 2. The van der Waals surface area contributed by atoms with Gasteiger partial charge in [0.1, 0.15) is 0 Å². The molecule has 14 nitrogen and oxygen atoms in total. The van der Waals surface area contributed by atoms with Gasteiger partial charge in [-0.15, -0.1) is 0 Å². The van der Waals surface area contributed by atoms with Gasteiger partial charge in [0.2, 0.25) is 5.89 Å². The van der Waals surface area contributed by atoms with E-state index in [1.165, 1.54) is 44.0 Å². The summed E-state index contributed by atoms with van der Waals surface area (Å²) in [5.74, 6) is -1.07. The minimum atomic E-state index is -1.26. The summed E-state index contributed by atoms with van der Waals surface area (Å²) in [5.41, 5.74) is 0.187. The number of carboxylic acids is 2. The maximum absolute atomic E-state index is 12.5. The molecule has 0 radical (unpaired) electrons. The first-order valence-electron chi connectivity index (χ1n) is 12.5. The number of imidazole rings is 1. The molecule has 0 unspecified atom stereocenters. The van der Waals surface area contributed by atoms with Crippen LogP contribution in [0.5, 0.6) is 0 Å². The molecule has 1 aliphatic heterocycles. The molecule has 4 heterocycles. The van der Waals surface area contributed by atoms with E-state index in [0.717, 1.165) is 42.6 Å². The monoisotopic (exact) mass is 531 g/mol. The molecule has 1 aliphatic rings. The van der Waals surface area contributed by atoms with Crippen molar-refractivity contribution in [2.45, 2.75) is 51.5 Å². The van der Waals surface area contributed by atoms with Gasteiger partial charge in [-0.2, -0.15) is 4.98 Å². The van der Waals surface area contributed by atoms with Crippen molar-refractivity contribution >= 4 is 23.1 Å². The average molecular weight is 532 g/mol. The Kier molecular flexibility index (Phi) is 10.1. The van der Waals surface area contributed by atoms with Gasteiger partial charge >= 0.3 is 17.6 Å². The number of carbonyl (C=O) groups is 2. The number of likely N-dealkylation sites (tertiary alicyclic amines) is 1. The molecule has 0 atom stereocenters. The van der Waals surface area contributed by atoms with E-state index in [2.05, 4.69) is 20.0 Å². The van der Waals surface area contributed by atoms with Crippen LogP contribution < -0.4 is 11.2 Å². The molecule has 1 fully saturated rings. The second-order valence-electron chi connectivity index (χ2n) is 9.04. The molecule has 0 bridgehead atoms. The second kappa shape index (κ2) is 13.5. The van der Waals surface area contributed by atoms with Gasteiger partial charge in [0.05, 0.1) is 6.33 Å². The Morgan fingerprint density at radius 3 is 2.32 bits per heavy atom. The fourth-order valence-corrected chi connectivity index (χ4v) is 4.20. The lowest BCUT2D eigenvalue weighted by atomic mass is 10.1. The second-order valence-corrected chi connectivity index (χ2v) is 9.04. The van der Waals surface area contributed by atoms with E-state index >= 15 is 0 Å². The molecule has 3 aromatic rings. The van der Waals surface area contributed by atoms with E-state index in [1.54, 1.807) is 13.4 Å². The molecule has 2 N–H and O–H groups in total. The SMILES string of the molecule is Cn1c(=O)c2c(ncn2CCCCc2noc(CCN3CCCCC3)n2)n(C)c1=O.O=C(O)/C=C\C(=O)O. The van der Waals surface area contributed by atoms with Crippen molar-refractivity contribution in [2.24, 2.45) is 14.1 Å². The first kappa shape index (κ1) is 28.5. The summed E-state index contributed by atoms with van der Waals surface area (Å²) in [4.78, 5) is 54.8. The predicted octanol–water partition coefficient (Wildman–Crippen LogP) is 0.580. The van der Waals surface area contributed by atoms with Gasteiger partial charge in [0, 0.05) is 52.2 Å². The largest absolute Gasteiger partial charge is 0.478 e. The number of hydrogen-bond donors (Lipinski definition) is 2. The Morgan fingerprint density at radius 2 is 1.66 bits per heavy atom. The summed E-state index contributed by atoms with van der Waals surface area (Å²) in [5, 5.41) is 19.7. The van der Waals surface area contributed by atoms with Crippen molar-refractivity contribution in [1.29, 1.82) is 0 Å². The van der Waals surface area contributed by atoms with Crippen LogP contribution in [0.3, 0.4) is 0 Å². The Morgan fingerprint density at radius 1 is 0.974 bits per heavy atom. The van der Waals surface area contributed by atoms with Crippen LogP contribution in [-0.2, 0) is 43.1 Å². The Hall–Kier alpha value is -4.07. The van der Waals surface area contributed by atoms with Gasteiger partial charge in [-0.05, 0) is 38.8 Å². The molecule has 38 heavy (non-hydrogen) atoms. The Bertz CT molecular complexity index is 1380. The van der Waals surface area contributed by atoms with Crippen molar-refractivity contribution in [3.8, 4) is 0 Å². The van der Waals surface area contributed by atoms with Crippen LogP contribution in [-0.4, -0.2) is 75.5 Å². The summed E-state index contributed by atoms with van der Waals surface area (Å²) in [6, 6.07) is 0. The average Bonchev–Trinajstić information content (AvgIpc) is 3.54. The third-order valence-electron chi connectivity index (χ3n) is 6.24. The van der Waals surface area contributed by atoms with Crippen molar-refractivity contribution < 1.29 is 24.3 Å². The highest BCUT2D eigenvalue weighted by atomic mass is 16.5. The molecule has 14 heteroatoms. The van der Waals surface area contributed by atoms with E-state index in [-0.39, 0.29) is 11.2 Å². The van der Waals surface area contributed by atoms with Crippen LogP contribution in [0, 0.1) is 0 Å². The fraction of sp³-hybridized carbons (Fsp3) is 0.542. The number of nitrogens with zero attached hydrogens (tertiary/aromatic N) is 7. The van der Waals surface area contributed by atoms with Crippen molar-refractivity contribution in [3.05, 3.63) is 51.0 Å². The molecular weight excluding hydrogens is 498 g/mol. The van der Waals surface area contributed by atoms with E-state index in [9.17, 15) is 19.2 Å². The highest BCUT2D eigenvalue weighted by Gasteiger charge is 2.15. The summed E-state index contributed by atoms with van der Waals surface area (Å²) >= 11 is 0. The number of piperidine rings is 1. The van der Waals surface area contributed by atoms with Gasteiger partial charge in [0.25, 0.3) is 5.56 Å². The molecule has 1 saturated heterocycles. The predicted molar refractivity (Wildman–Crippen MR) is 136 cm³/mol. The molecular formula is C24H33N7O7. The number of hydrogen-bond acceptors (Lipinski definition) is 9. The number of rotatable bonds is 10. The molecule has 0 saturated carbocycles. The number of unbranched alkanes of at least 4 members (excludes halogenated alkanes) is 1. The van der Waals surface area contributed by atoms with Gasteiger partial charge in [-0.3, -0.25) is 13.9 Å². The van der Waals surface area contributed by atoms with Crippen molar-refractivity contribution in [1.82, 2.24) is 33.7 Å². The van der Waals surface area contributed by atoms with E-state index < -0.39 is 11.9 Å². The summed E-state index contributed by atoms with van der Waals surface area (Å²) in [6.45, 7) is 3.96. The minimum Gasteiger partial charge on any atom is -0.478 e. The maximum atomic E-state index is 12.5. The zero-order valence-electron chi connectivity index (χ0n) is 21.6. The van der Waals surface area contributed by atoms with Crippen LogP contribution >= 0.6 is 0 Å². The van der Waals surface area contributed by atoms with Gasteiger partial charge in [-0.25, -0.2) is 19.4 Å². The van der Waals surface area contributed by atoms with Crippen LogP contribution in [0.15, 0.2) is 32.6 Å². The van der Waals surface area contributed by atoms with Crippen LogP contribution in [0.25, 0.3) is 11.2 Å². The number of aryl methyl sites for hydroxylation is 3. The number of aliphatic carboxylic acids is 2.